The first-order valence-electron chi connectivity index (χ1n) is 11.3. The van der Waals surface area contributed by atoms with Crippen LogP contribution in [0.4, 0.5) is 17.3 Å². The zero-order valence-corrected chi connectivity index (χ0v) is 18.3. The molecule has 0 radical (unpaired) electrons. The van der Waals surface area contributed by atoms with Crippen molar-refractivity contribution >= 4 is 17.3 Å². The predicted molar refractivity (Wildman–Crippen MR) is 125 cm³/mol. The molecular formula is C25H30N6. The van der Waals surface area contributed by atoms with Crippen molar-refractivity contribution in [1.82, 2.24) is 19.9 Å². The van der Waals surface area contributed by atoms with Gasteiger partial charge in [0.1, 0.15) is 11.6 Å². The summed E-state index contributed by atoms with van der Waals surface area (Å²) >= 11 is 0. The molecule has 0 unspecified atom stereocenters. The van der Waals surface area contributed by atoms with Crippen molar-refractivity contribution in [3.63, 3.8) is 0 Å². The predicted octanol–water partition coefficient (Wildman–Crippen LogP) is 4.72. The van der Waals surface area contributed by atoms with Gasteiger partial charge in [0.2, 0.25) is 0 Å². The van der Waals surface area contributed by atoms with Crippen molar-refractivity contribution in [2.45, 2.75) is 51.7 Å². The lowest BCUT2D eigenvalue weighted by Crippen LogP contribution is -2.28. The molecular weight excluding hydrogens is 384 g/mol. The molecule has 1 saturated heterocycles. The molecule has 0 bridgehead atoms. The molecule has 0 saturated carbocycles. The Hall–Kier alpha value is -2.99. The van der Waals surface area contributed by atoms with Crippen LogP contribution in [0.25, 0.3) is 0 Å². The van der Waals surface area contributed by atoms with Crippen LogP contribution in [0.1, 0.15) is 49.6 Å². The maximum Gasteiger partial charge on any atom is 0.150 e. The lowest BCUT2D eigenvalue weighted by Gasteiger charge is -2.26. The first kappa shape index (κ1) is 19.9. The molecule has 6 nitrogen and oxygen atoms in total. The highest BCUT2D eigenvalue weighted by atomic mass is 15.2. The highest BCUT2D eigenvalue weighted by molar-refractivity contribution is 5.59. The quantitative estimate of drug-likeness (QED) is 0.630. The first-order valence-corrected chi connectivity index (χ1v) is 11.3. The minimum Gasteiger partial charge on any atom is -0.369 e. The van der Waals surface area contributed by atoms with E-state index in [1.165, 1.54) is 23.2 Å². The number of fused-ring (bicyclic) bond motifs is 1. The summed E-state index contributed by atoms with van der Waals surface area (Å²) < 4.78 is 0. The molecule has 2 aromatic heterocycles. The fraction of sp³-hybridized carbons (Fsp3) is 0.400. The van der Waals surface area contributed by atoms with E-state index in [4.69, 9.17) is 4.98 Å². The van der Waals surface area contributed by atoms with Crippen LogP contribution in [0.15, 0.2) is 55.0 Å². The smallest absolute Gasteiger partial charge is 0.150 e. The van der Waals surface area contributed by atoms with Crippen LogP contribution in [0.3, 0.4) is 0 Å². The molecule has 1 atom stereocenters. The lowest BCUT2D eigenvalue weighted by molar-refractivity contribution is 0.244. The van der Waals surface area contributed by atoms with Crippen LogP contribution < -0.4 is 10.2 Å². The highest BCUT2D eigenvalue weighted by Gasteiger charge is 2.28. The molecule has 4 heterocycles. The SMILES string of the molecule is CC(C)N1CCc2cc(CN3CCC[C@@H]3c3cncc(Nc4ccccn4)n3)ccc21. The van der Waals surface area contributed by atoms with Crippen LogP contribution in [0.5, 0.6) is 0 Å². The largest absolute Gasteiger partial charge is 0.369 e. The highest BCUT2D eigenvalue weighted by Crippen LogP contribution is 2.35. The Kier molecular flexibility index (Phi) is 5.55. The van der Waals surface area contributed by atoms with Crippen LogP contribution in [-0.2, 0) is 13.0 Å². The second kappa shape index (κ2) is 8.63. The van der Waals surface area contributed by atoms with Crippen molar-refractivity contribution in [3.05, 3.63) is 71.8 Å². The summed E-state index contributed by atoms with van der Waals surface area (Å²) in [5.74, 6) is 1.53. The van der Waals surface area contributed by atoms with Gasteiger partial charge in [-0.15, -0.1) is 0 Å². The van der Waals surface area contributed by atoms with Crippen LogP contribution in [-0.4, -0.2) is 39.0 Å². The number of nitrogens with zero attached hydrogens (tertiary/aromatic N) is 5. The van der Waals surface area contributed by atoms with Crippen molar-refractivity contribution < 1.29 is 0 Å². The third-order valence-electron chi connectivity index (χ3n) is 6.36. The van der Waals surface area contributed by atoms with Crippen LogP contribution >= 0.6 is 0 Å². The van der Waals surface area contributed by atoms with Gasteiger partial charge in [-0.1, -0.05) is 18.2 Å². The Morgan fingerprint density at radius 1 is 1.10 bits per heavy atom. The summed E-state index contributed by atoms with van der Waals surface area (Å²) in [7, 11) is 0. The van der Waals surface area contributed by atoms with Crippen molar-refractivity contribution in [2.75, 3.05) is 23.3 Å². The topological polar surface area (TPSA) is 57.2 Å². The molecule has 6 heteroatoms. The van der Waals surface area contributed by atoms with Gasteiger partial charge in [0.05, 0.1) is 24.1 Å². The maximum atomic E-state index is 4.87. The van der Waals surface area contributed by atoms with Gasteiger partial charge in [-0.3, -0.25) is 9.88 Å². The van der Waals surface area contributed by atoms with E-state index >= 15 is 0 Å². The van der Waals surface area contributed by atoms with Gasteiger partial charge in [0, 0.05) is 31.0 Å². The minimum atomic E-state index is 0.304. The number of anilines is 3. The van der Waals surface area contributed by atoms with Gasteiger partial charge in [-0.2, -0.15) is 0 Å². The minimum absolute atomic E-state index is 0.304. The van der Waals surface area contributed by atoms with Gasteiger partial charge >= 0.3 is 0 Å². The summed E-state index contributed by atoms with van der Waals surface area (Å²) in [5, 5.41) is 3.27. The first-order chi connectivity index (χ1) is 15.2. The zero-order chi connectivity index (χ0) is 21.2. The van der Waals surface area contributed by atoms with Crippen LogP contribution in [0, 0.1) is 0 Å². The Balaban J connectivity index is 1.31. The van der Waals surface area contributed by atoms with Gasteiger partial charge < -0.3 is 10.2 Å². The van der Waals surface area contributed by atoms with Crippen molar-refractivity contribution in [3.8, 4) is 0 Å². The van der Waals surface area contributed by atoms with E-state index in [2.05, 4.69) is 57.1 Å². The number of benzene rings is 1. The Morgan fingerprint density at radius 2 is 2.03 bits per heavy atom. The Morgan fingerprint density at radius 3 is 2.87 bits per heavy atom. The molecule has 31 heavy (non-hydrogen) atoms. The summed E-state index contributed by atoms with van der Waals surface area (Å²) in [6.45, 7) is 7.73. The number of hydrogen-bond acceptors (Lipinski definition) is 6. The lowest BCUT2D eigenvalue weighted by atomic mass is 10.1. The molecule has 1 fully saturated rings. The van der Waals surface area contributed by atoms with E-state index in [9.17, 15) is 0 Å². The molecule has 160 valence electrons. The second-order valence-electron chi connectivity index (χ2n) is 8.80. The maximum absolute atomic E-state index is 4.87. The zero-order valence-electron chi connectivity index (χ0n) is 18.3. The van der Waals surface area contributed by atoms with Gasteiger partial charge in [-0.05, 0) is 69.0 Å². The van der Waals surface area contributed by atoms with E-state index < -0.39 is 0 Å². The number of hydrogen-bond donors (Lipinski definition) is 1. The van der Waals surface area contributed by atoms with E-state index in [-0.39, 0.29) is 0 Å². The molecule has 2 aliphatic rings. The van der Waals surface area contributed by atoms with E-state index in [1.54, 1.807) is 12.4 Å². The molecule has 2 aliphatic heterocycles. The number of nitrogens with one attached hydrogen (secondary N) is 1. The summed E-state index contributed by atoms with van der Waals surface area (Å²) in [4.78, 5) is 18.7. The van der Waals surface area contributed by atoms with Gasteiger partial charge in [0.15, 0.2) is 0 Å². The fourth-order valence-corrected chi connectivity index (χ4v) is 4.87. The summed E-state index contributed by atoms with van der Waals surface area (Å²) in [5.41, 5.74) is 5.33. The van der Waals surface area contributed by atoms with E-state index in [0.29, 0.717) is 12.1 Å². The van der Waals surface area contributed by atoms with E-state index in [0.717, 1.165) is 49.8 Å². The Labute approximate surface area is 184 Å². The van der Waals surface area contributed by atoms with Crippen molar-refractivity contribution in [2.24, 2.45) is 0 Å². The molecule has 0 amide bonds. The Bertz CT molecular complexity index is 1040. The van der Waals surface area contributed by atoms with Crippen LogP contribution in [0.2, 0.25) is 0 Å². The molecule has 1 N–H and O–H groups in total. The standard InChI is InChI=1S/C25H30N6/c1-18(2)31-13-10-20-14-19(8-9-22(20)31)17-30-12-5-6-23(30)21-15-26-16-25(28-21)29-24-7-3-4-11-27-24/h3-4,7-9,11,14-16,18,23H,5-6,10,12-13,17H2,1-2H3,(H,27,28,29)/t23-/m1/s1. The number of rotatable bonds is 6. The summed E-state index contributed by atoms with van der Waals surface area (Å²) in [6.07, 6.45) is 8.91. The van der Waals surface area contributed by atoms with Gasteiger partial charge in [-0.25, -0.2) is 9.97 Å². The molecule has 1 aromatic carbocycles. The number of aromatic nitrogens is 3. The molecule has 5 rings (SSSR count). The summed E-state index contributed by atoms with van der Waals surface area (Å²) in [6, 6.07) is 13.7. The third-order valence-corrected chi connectivity index (χ3v) is 6.36. The fourth-order valence-electron chi connectivity index (χ4n) is 4.87. The second-order valence-corrected chi connectivity index (χ2v) is 8.80. The molecule has 0 spiro atoms. The average molecular weight is 415 g/mol. The van der Waals surface area contributed by atoms with Gasteiger partial charge in [0.25, 0.3) is 0 Å². The normalized spacial score (nSPS) is 18.5. The molecule has 3 aromatic rings. The monoisotopic (exact) mass is 414 g/mol. The van der Waals surface area contributed by atoms with E-state index in [1.807, 2.05) is 24.4 Å². The number of likely N-dealkylation sites (tertiary alicyclic amines) is 1. The average Bonchev–Trinajstić information content (AvgIpc) is 3.41. The van der Waals surface area contributed by atoms with Crippen molar-refractivity contribution in [1.29, 1.82) is 0 Å². The third kappa shape index (κ3) is 4.26. The number of pyridine rings is 1. The molecule has 0 aliphatic carbocycles.